The van der Waals surface area contributed by atoms with Crippen LogP contribution in [0.25, 0.3) is 0 Å². The van der Waals surface area contributed by atoms with Gasteiger partial charge in [-0.25, -0.2) is 0 Å². The van der Waals surface area contributed by atoms with Crippen LogP contribution in [0.2, 0.25) is 0 Å². The summed E-state index contributed by atoms with van der Waals surface area (Å²) in [4.78, 5) is 6.17. The molecule has 0 aliphatic carbocycles. The Labute approximate surface area is 67.7 Å². The molecule has 0 aromatic carbocycles. The number of guanidine groups is 1. The lowest BCUT2D eigenvalue weighted by Crippen LogP contribution is -2.34. The first kappa shape index (κ1) is 9.56. The Kier molecular flexibility index (Phi) is 4.19. The highest BCUT2D eigenvalue weighted by Crippen LogP contribution is 1.97. The molecule has 3 nitrogen and oxygen atoms in total. The zero-order valence-electron chi connectivity index (χ0n) is 6.21. The van der Waals surface area contributed by atoms with E-state index >= 15 is 0 Å². The van der Waals surface area contributed by atoms with Crippen LogP contribution in [0.1, 0.15) is 13.3 Å². The molecule has 0 radical (unpaired) electrons. The third-order valence-electron chi connectivity index (χ3n) is 1.46. The summed E-state index contributed by atoms with van der Waals surface area (Å²) in [5.74, 6) is 0.719. The summed E-state index contributed by atoms with van der Waals surface area (Å²) in [6.07, 6.45) is 1.15. The van der Waals surface area contributed by atoms with Crippen molar-refractivity contribution in [1.29, 1.82) is 0 Å². The minimum Gasteiger partial charge on any atom is -0.370 e. The zero-order valence-corrected chi connectivity index (χ0v) is 7.02. The summed E-state index contributed by atoms with van der Waals surface area (Å²) in [5.41, 5.74) is 5.54. The normalized spacial score (nSPS) is 16.5. The minimum absolute atomic E-state index is 0. The van der Waals surface area contributed by atoms with Gasteiger partial charge in [-0.1, -0.05) is 6.92 Å². The van der Waals surface area contributed by atoms with Crippen molar-refractivity contribution >= 4 is 18.4 Å². The van der Waals surface area contributed by atoms with Crippen molar-refractivity contribution in [2.24, 2.45) is 10.7 Å². The predicted octanol–water partition coefficient (Wildman–Crippen LogP) is 0.449. The fraction of sp³-hybridized carbons (Fsp3) is 0.833. The van der Waals surface area contributed by atoms with Crippen LogP contribution in [0, 0.1) is 0 Å². The maximum absolute atomic E-state index is 5.54. The maximum atomic E-state index is 5.54. The smallest absolute Gasteiger partial charge is 0.191 e. The second-order valence-electron chi connectivity index (χ2n) is 2.23. The Morgan fingerprint density at radius 1 is 1.70 bits per heavy atom. The molecule has 0 aromatic heterocycles. The molecule has 1 rings (SSSR count). The summed E-state index contributed by atoms with van der Waals surface area (Å²) in [6.45, 7) is 5.09. The number of hydrogen-bond acceptors (Lipinski definition) is 3. The van der Waals surface area contributed by atoms with E-state index in [1.165, 1.54) is 0 Å². The van der Waals surface area contributed by atoms with Gasteiger partial charge in [0.2, 0.25) is 0 Å². The predicted molar refractivity (Wildman–Crippen MR) is 45.6 cm³/mol. The lowest BCUT2D eigenvalue weighted by molar-refractivity contribution is 0.451. The largest absolute Gasteiger partial charge is 0.370 e. The summed E-state index contributed by atoms with van der Waals surface area (Å²) in [6, 6.07) is 0. The lowest BCUT2D eigenvalue weighted by atomic mass is 10.4. The molecule has 0 saturated heterocycles. The van der Waals surface area contributed by atoms with Gasteiger partial charge in [0, 0.05) is 13.1 Å². The molecule has 60 valence electrons. The van der Waals surface area contributed by atoms with E-state index in [9.17, 15) is 0 Å². The molecule has 1 aliphatic rings. The average molecular weight is 164 g/mol. The fourth-order valence-corrected chi connectivity index (χ4v) is 0.996. The maximum Gasteiger partial charge on any atom is 0.191 e. The van der Waals surface area contributed by atoms with Crippen molar-refractivity contribution in [3.8, 4) is 0 Å². The van der Waals surface area contributed by atoms with Crippen LogP contribution in [-0.2, 0) is 0 Å². The number of aliphatic imine (C=N–C) groups is 1. The first-order valence-electron chi connectivity index (χ1n) is 3.39. The van der Waals surface area contributed by atoms with Gasteiger partial charge in [0.05, 0.1) is 6.54 Å². The highest BCUT2D eigenvalue weighted by atomic mass is 35.5. The van der Waals surface area contributed by atoms with Crippen LogP contribution >= 0.6 is 12.4 Å². The number of nitrogens with zero attached hydrogens (tertiary/aromatic N) is 2. The summed E-state index contributed by atoms with van der Waals surface area (Å²) in [7, 11) is 0. The minimum atomic E-state index is 0. The van der Waals surface area contributed by atoms with E-state index in [2.05, 4.69) is 16.8 Å². The van der Waals surface area contributed by atoms with Gasteiger partial charge in [-0.3, -0.25) is 4.99 Å². The van der Waals surface area contributed by atoms with Gasteiger partial charge in [-0.15, -0.1) is 12.4 Å². The van der Waals surface area contributed by atoms with Gasteiger partial charge < -0.3 is 10.6 Å². The third-order valence-corrected chi connectivity index (χ3v) is 1.46. The number of nitrogens with two attached hydrogens (primary N) is 1. The van der Waals surface area contributed by atoms with E-state index < -0.39 is 0 Å². The molecular formula is C6H14ClN3. The molecule has 1 heterocycles. The van der Waals surface area contributed by atoms with Gasteiger partial charge >= 0.3 is 0 Å². The quantitative estimate of drug-likeness (QED) is 0.643. The molecule has 4 heteroatoms. The van der Waals surface area contributed by atoms with E-state index in [0.29, 0.717) is 0 Å². The second-order valence-corrected chi connectivity index (χ2v) is 2.23. The molecule has 10 heavy (non-hydrogen) atoms. The van der Waals surface area contributed by atoms with Crippen LogP contribution in [-0.4, -0.2) is 30.5 Å². The van der Waals surface area contributed by atoms with Crippen molar-refractivity contribution in [2.45, 2.75) is 13.3 Å². The molecule has 0 unspecified atom stereocenters. The molecule has 0 bridgehead atoms. The van der Waals surface area contributed by atoms with E-state index in [1.54, 1.807) is 0 Å². The Bertz CT molecular complexity index is 124. The third kappa shape index (κ3) is 2.06. The first-order chi connectivity index (χ1) is 4.34. The fourth-order valence-electron chi connectivity index (χ4n) is 0.996. The van der Waals surface area contributed by atoms with Crippen LogP contribution < -0.4 is 5.73 Å². The molecule has 1 aliphatic heterocycles. The Hall–Kier alpha value is -0.440. The molecule has 0 saturated carbocycles. The molecule has 0 fully saturated rings. The Balaban J connectivity index is 0.000000810. The van der Waals surface area contributed by atoms with Gasteiger partial charge in [0.1, 0.15) is 0 Å². The summed E-state index contributed by atoms with van der Waals surface area (Å²) < 4.78 is 0. The molecule has 0 aromatic rings. The van der Waals surface area contributed by atoms with E-state index in [0.717, 1.165) is 32.0 Å². The second kappa shape index (κ2) is 4.39. The molecular weight excluding hydrogens is 150 g/mol. The summed E-state index contributed by atoms with van der Waals surface area (Å²) in [5, 5.41) is 0. The summed E-state index contributed by atoms with van der Waals surface area (Å²) >= 11 is 0. The first-order valence-corrected chi connectivity index (χ1v) is 3.39. The van der Waals surface area contributed by atoms with Crippen LogP contribution in [0.5, 0.6) is 0 Å². The van der Waals surface area contributed by atoms with Crippen molar-refractivity contribution in [1.82, 2.24) is 4.90 Å². The highest BCUT2D eigenvalue weighted by molar-refractivity contribution is 5.85. The van der Waals surface area contributed by atoms with Crippen LogP contribution in [0.4, 0.5) is 0 Å². The molecule has 0 amide bonds. The average Bonchev–Trinajstić information content (AvgIpc) is 2.18. The molecule has 0 atom stereocenters. The topological polar surface area (TPSA) is 41.6 Å². The highest BCUT2D eigenvalue weighted by Gasteiger charge is 2.10. The van der Waals surface area contributed by atoms with Gasteiger partial charge in [0.25, 0.3) is 0 Å². The zero-order chi connectivity index (χ0) is 6.69. The number of rotatable bonds is 2. The Morgan fingerprint density at radius 3 is 2.80 bits per heavy atom. The van der Waals surface area contributed by atoms with Gasteiger partial charge in [0.15, 0.2) is 5.96 Å². The monoisotopic (exact) mass is 163 g/mol. The van der Waals surface area contributed by atoms with Gasteiger partial charge in [-0.2, -0.15) is 0 Å². The molecule has 0 spiro atoms. The van der Waals surface area contributed by atoms with Crippen molar-refractivity contribution in [2.75, 3.05) is 19.6 Å². The van der Waals surface area contributed by atoms with Crippen LogP contribution in [0.15, 0.2) is 4.99 Å². The van der Waals surface area contributed by atoms with Crippen molar-refractivity contribution < 1.29 is 0 Å². The Morgan fingerprint density at radius 2 is 2.40 bits per heavy atom. The SMILES string of the molecule is CCCN1CCN=C1N.Cl. The van der Waals surface area contributed by atoms with E-state index in [-0.39, 0.29) is 12.4 Å². The lowest BCUT2D eigenvalue weighted by Gasteiger charge is -2.14. The van der Waals surface area contributed by atoms with E-state index in [4.69, 9.17) is 5.73 Å². The molecule has 2 N–H and O–H groups in total. The standard InChI is InChI=1S/C6H13N3.ClH/c1-2-4-9-5-3-8-6(9)7;/h2-5H2,1H3,(H2,7,8);1H. The van der Waals surface area contributed by atoms with Gasteiger partial charge in [-0.05, 0) is 6.42 Å². The van der Waals surface area contributed by atoms with Crippen molar-refractivity contribution in [3.63, 3.8) is 0 Å². The number of hydrogen-bond donors (Lipinski definition) is 1. The van der Waals surface area contributed by atoms with Crippen LogP contribution in [0.3, 0.4) is 0 Å². The van der Waals surface area contributed by atoms with Crippen molar-refractivity contribution in [3.05, 3.63) is 0 Å². The van der Waals surface area contributed by atoms with E-state index in [1.807, 2.05) is 0 Å². The number of halogens is 1.